The number of nitrogens with one attached hydrogen (secondary N) is 2. The Morgan fingerprint density at radius 2 is 2.11 bits per heavy atom. The molecule has 0 saturated heterocycles. The lowest BCUT2D eigenvalue weighted by molar-refractivity contribution is 0.0947. The van der Waals surface area contributed by atoms with Crippen LogP contribution in [-0.4, -0.2) is 26.5 Å². The van der Waals surface area contributed by atoms with Gasteiger partial charge in [-0.15, -0.1) is 0 Å². The summed E-state index contributed by atoms with van der Waals surface area (Å²) in [5, 5.41) is 2.78. The van der Waals surface area contributed by atoms with E-state index in [1.165, 1.54) is 18.3 Å². The monoisotopic (exact) mass is 464 g/mol. The van der Waals surface area contributed by atoms with Gasteiger partial charge >= 0.3 is 0 Å². The van der Waals surface area contributed by atoms with Gasteiger partial charge < -0.3 is 10.3 Å². The Kier molecular flexibility index (Phi) is 4.88. The highest BCUT2D eigenvalue weighted by atomic mass is 79.9. The summed E-state index contributed by atoms with van der Waals surface area (Å²) in [6.07, 6.45) is 4.78. The molecule has 1 saturated carbocycles. The van der Waals surface area contributed by atoms with Crippen molar-refractivity contribution < 1.29 is 13.6 Å². The number of amides is 1. The highest BCUT2D eigenvalue weighted by Crippen LogP contribution is 2.27. The largest absolute Gasteiger partial charge is 0.349 e. The molecule has 2 N–H and O–H groups in total. The van der Waals surface area contributed by atoms with Gasteiger partial charge in [-0.2, -0.15) is 4.39 Å². The van der Waals surface area contributed by atoms with Crippen LogP contribution in [-0.2, 0) is 0 Å². The lowest BCUT2D eigenvalue weighted by Crippen LogP contribution is -2.26. The summed E-state index contributed by atoms with van der Waals surface area (Å²) in [5.41, 5.74) is 1.75. The molecular weight excluding hydrogens is 450 g/mol. The molecule has 5 nitrogen and oxygen atoms in total. The molecule has 0 radical (unpaired) electrons. The van der Waals surface area contributed by atoms with Crippen molar-refractivity contribution >= 4 is 34.1 Å². The number of aryl methyl sites for hydroxylation is 1. The van der Waals surface area contributed by atoms with Crippen LogP contribution in [0.4, 0.5) is 8.78 Å². The number of hydrogen-bond donors (Lipinski definition) is 2. The number of nitrogens with zero attached hydrogens (tertiary/aromatic N) is 2. The number of carbonyl (C=O) groups is 1. The zero-order valence-corrected chi connectivity index (χ0v) is 17.1. The van der Waals surface area contributed by atoms with E-state index in [9.17, 15) is 13.6 Å². The first-order chi connectivity index (χ1) is 13.3. The second-order valence-corrected chi connectivity index (χ2v) is 8.00. The first-order valence-electron chi connectivity index (χ1n) is 8.58. The van der Waals surface area contributed by atoms with E-state index in [1.54, 1.807) is 23.8 Å². The second kappa shape index (κ2) is 7.21. The molecule has 9 heteroatoms. The van der Waals surface area contributed by atoms with Crippen molar-refractivity contribution in [3.05, 3.63) is 62.7 Å². The fourth-order valence-electron chi connectivity index (χ4n) is 2.91. The standard InChI is InChI=1S/C19H15BrF2N4OS/c1-9-4-14(21)12(18(27)24-11-2-3-11)6-16(9)26-8-15(25-19(26)28)13-5-10(20)7-23-17(13)22/h4-8,11H,2-3H2,1H3,(H,24,27)(H,25,28). The minimum Gasteiger partial charge on any atom is -0.349 e. The molecule has 1 fully saturated rings. The third kappa shape index (κ3) is 3.64. The van der Waals surface area contributed by atoms with Crippen molar-refractivity contribution in [1.29, 1.82) is 0 Å². The molecule has 1 aliphatic carbocycles. The number of benzene rings is 1. The van der Waals surface area contributed by atoms with Gasteiger partial charge in [0.25, 0.3) is 5.91 Å². The SMILES string of the molecule is Cc1cc(F)c(C(=O)NC2CC2)cc1-n1cc(-c2cc(Br)cnc2F)[nH]c1=S. The first-order valence-corrected chi connectivity index (χ1v) is 9.78. The number of imidazole rings is 1. The molecule has 0 unspecified atom stereocenters. The molecule has 0 bridgehead atoms. The fraction of sp³-hybridized carbons (Fsp3) is 0.211. The number of aromatic nitrogens is 3. The average Bonchev–Trinajstić information content (AvgIpc) is 3.37. The fourth-order valence-corrected chi connectivity index (χ4v) is 3.50. The van der Waals surface area contributed by atoms with E-state index in [-0.39, 0.29) is 21.9 Å². The van der Waals surface area contributed by atoms with Crippen LogP contribution in [0.3, 0.4) is 0 Å². The van der Waals surface area contributed by atoms with Gasteiger partial charge in [0.1, 0.15) is 5.82 Å². The molecule has 2 heterocycles. The number of aromatic amines is 1. The van der Waals surface area contributed by atoms with Crippen LogP contribution < -0.4 is 5.32 Å². The summed E-state index contributed by atoms with van der Waals surface area (Å²) in [6, 6.07) is 4.46. The number of pyridine rings is 1. The molecule has 144 valence electrons. The maximum absolute atomic E-state index is 14.4. The number of hydrogen-bond acceptors (Lipinski definition) is 3. The van der Waals surface area contributed by atoms with E-state index in [0.29, 0.717) is 21.4 Å². The minimum absolute atomic E-state index is 0.0487. The van der Waals surface area contributed by atoms with Gasteiger partial charge in [-0.1, -0.05) is 0 Å². The van der Waals surface area contributed by atoms with Crippen LogP contribution in [0.15, 0.2) is 35.1 Å². The summed E-state index contributed by atoms with van der Waals surface area (Å²) in [4.78, 5) is 19.0. The number of carbonyl (C=O) groups excluding carboxylic acids is 1. The molecule has 0 atom stereocenters. The molecule has 28 heavy (non-hydrogen) atoms. The smallest absolute Gasteiger partial charge is 0.254 e. The Morgan fingerprint density at radius 3 is 2.82 bits per heavy atom. The minimum atomic E-state index is -0.646. The van der Waals surface area contributed by atoms with Crippen molar-refractivity contribution in [2.75, 3.05) is 0 Å². The molecule has 2 aromatic heterocycles. The molecule has 0 aliphatic heterocycles. The Morgan fingerprint density at radius 1 is 1.36 bits per heavy atom. The maximum atomic E-state index is 14.4. The van der Waals surface area contributed by atoms with Crippen LogP contribution >= 0.6 is 28.1 Å². The zero-order chi connectivity index (χ0) is 20.0. The Labute approximate surface area is 172 Å². The topological polar surface area (TPSA) is 62.7 Å². The second-order valence-electron chi connectivity index (χ2n) is 6.70. The molecule has 1 aromatic carbocycles. The zero-order valence-electron chi connectivity index (χ0n) is 14.7. The maximum Gasteiger partial charge on any atom is 0.254 e. The quantitative estimate of drug-likeness (QED) is 0.428. The Balaban J connectivity index is 1.79. The average molecular weight is 465 g/mol. The highest BCUT2D eigenvalue weighted by Gasteiger charge is 2.26. The third-order valence-corrected chi connectivity index (χ3v) is 5.25. The van der Waals surface area contributed by atoms with E-state index < -0.39 is 17.7 Å². The van der Waals surface area contributed by atoms with Crippen LogP contribution in [0.2, 0.25) is 0 Å². The van der Waals surface area contributed by atoms with Crippen molar-refractivity contribution in [1.82, 2.24) is 19.9 Å². The van der Waals surface area contributed by atoms with Crippen molar-refractivity contribution in [3.63, 3.8) is 0 Å². The van der Waals surface area contributed by atoms with Crippen molar-refractivity contribution in [2.24, 2.45) is 0 Å². The predicted molar refractivity (Wildman–Crippen MR) is 107 cm³/mol. The predicted octanol–water partition coefficient (Wildman–Crippen LogP) is 4.84. The molecular formula is C19H15BrF2N4OS. The van der Waals surface area contributed by atoms with E-state index in [1.807, 2.05) is 0 Å². The van der Waals surface area contributed by atoms with E-state index in [2.05, 4.69) is 31.2 Å². The lowest BCUT2D eigenvalue weighted by atomic mass is 10.1. The summed E-state index contributed by atoms with van der Waals surface area (Å²) in [7, 11) is 0. The lowest BCUT2D eigenvalue weighted by Gasteiger charge is -2.11. The van der Waals surface area contributed by atoms with Gasteiger partial charge in [0.05, 0.1) is 22.5 Å². The van der Waals surface area contributed by atoms with Crippen LogP contribution in [0, 0.1) is 23.5 Å². The van der Waals surface area contributed by atoms with Gasteiger partial charge in [0, 0.05) is 22.9 Å². The van der Waals surface area contributed by atoms with Gasteiger partial charge in [0.15, 0.2) is 4.77 Å². The van der Waals surface area contributed by atoms with E-state index in [4.69, 9.17) is 12.2 Å². The van der Waals surface area contributed by atoms with E-state index >= 15 is 0 Å². The van der Waals surface area contributed by atoms with Gasteiger partial charge in [-0.3, -0.25) is 9.36 Å². The van der Waals surface area contributed by atoms with Gasteiger partial charge in [-0.25, -0.2) is 9.37 Å². The summed E-state index contributed by atoms with van der Waals surface area (Å²) in [6.45, 7) is 1.72. The van der Waals surface area contributed by atoms with Crippen molar-refractivity contribution in [3.8, 4) is 16.9 Å². The van der Waals surface area contributed by atoms with Crippen LogP contribution in [0.25, 0.3) is 16.9 Å². The molecule has 1 amide bonds. The molecule has 4 rings (SSSR count). The van der Waals surface area contributed by atoms with Crippen LogP contribution in [0.5, 0.6) is 0 Å². The van der Waals surface area contributed by atoms with Crippen molar-refractivity contribution in [2.45, 2.75) is 25.8 Å². The van der Waals surface area contributed by atoms with Crippen LogP contribution in [0.1, 0.15) is 28.8 Å². The molecule has 0 spiro atoms. The molecule has 1 aliphatic rings. The summed E-state index contributed by atoms with van der Waals surface area (Å²) in [5.74, 6) is -1.69. The van der Waals surface area contributed by atoms with E-state index in [0.717, 1.165) is 12.8 Å². The van der Waals surface area contributed by atoms with Gasteiger partial charge in [-0.05, 0) is 71.7 Å². The highest BCUT2D eigenvalue weighted by molar-refractivity contribution is 9.10. The summed E-state index contributed by atoms with van der Waals surface area (Å²) < 4.78 is 31.0. The normalized spacial score (nSPS) is 13.6. The number of halogens is 3. The Bertz CT molecular complexity index is 1150. The number of rotatable bonds is 4. The Hall–Kier alpha value is -2.39. The molecule has 3 aromatic rings. The first kappa shape index (κ1) is 18.9. The third-order valence-electron chi connectivity index (χ3n) is 4.52. The van der Waals surface area contributed by atoms with Gasteiger partial charge in [0.2, 0.25) is 5.95 Å². The number of H-pyrrole nitrogens is 1. The summed E-state index contributed by atoms with van der Waals surface area (Å²) >= 11 is 8.64.